The van der Waals surface area contributed by atoms with E-state index in [1.807, 2.05) is 6.07 Å². The molecule has 0 spiro atoms. The molecule has 110 valence electrons. The molecule has 20 heavy (non-hydrogen) atoms. The lowest BCUT2D eigenvalue weighted by Gasteiger charge is -2.43. The van der Waals surface area contributed by atoms with Gasteiger partial charge in [0.25, 0.3) is 0 Å². The molecule has 1 aliphatic heterocycles. The lowest BCUT2D eigenvalue weighted by Crippen LogP contribution is -2.47. The van der Waals surface area contributed by atoms with E-state index in [4.69, 9.17) is 23.2 Å². The number of halogens is 2. The summed E-state index contributed by atoms with van der Waals surface area (Å²) in [7, 11) is 0. The average molecular weight is 315 g/mol. The van der Waals surface area contributed by atoms with Gasteiger partial charge in [0.1, 0.15) is 10.8 Å². The molecule has 2 N–H and O–H groups in total. The van der Waals surface area contributed by atoms with Gasteiger partial charge in [-0.2, -0.15) is 0 Å². The quantitative estimate of drug-likeness (QED) is 0.897. The monoisotopic (exact) mass is 314 g/mol. The van der Waals surface area contributed by atoms with E-state index in [1.165, 1.54) is 19.3 Å². The second-order valence-corrected chi connectivity index (χ2v) is 6.51. The maximum atomic E-state index is 10.4. The van der Waals surface area contributed by atoms with Crippen LogP contribution >= 0.6 is 23.2 Å². The fourth-order valence-corrected chi connectivity index (χ4v) is 3.58. The van der Waals surface area contributed by atoms with E-state index in [9.17, 15) is 5.11 Å². The van der Waals surface area contributed by atoms with Gasteiger partial charge in [-0.05, 0) is 24.8 Å². The maximum absolute atomic E-state index is 10.4. The van der Waals surface area contributed by atoms with Gasteiger partial charge >= 0.3 is 0 Å². The van der Waals surface area contributed by atoms with Crippen molar-refractivity contribution in [2.75, 3.05) is 26.2 Å². The number of nitrogens with one attached hydrogen (secondary N) is 1. The Balaban J connectivity index is 1.94. The van der Waals surface area contributed by atoms with Gasteiger partial charge in [-0.3, -0.25) is 4.90 Å². The number of rotatable bonds is 3. The predicted molar refractivity (Wildman–Crippen MR) is 82.7 cm³/mol. The van der Waals surface area contributed by atoms with E-state index in [1.54, 1.807) is 6.07 Å². The van der Waals surface area contributed by atoms with E-state index in [0.29, 0.717) is 10.9 Å². The van der Waals surface area contributed by atoms with Gasteiger partial charge in [-0.15, -0.1) is 0 Å². The summed E-state index contributed by atoms with van der Waals surface area (Å²) in [5.41, 5.74) is 0.936. The first-order valence-corrected chi connectivity index (χ1v) is 8.05. The van der Waals surface area contributed by atoms with Gasteiger partial charge < -0.3 is 10.4 Å². The molecule has 3 nitrogen and oxygen atoms in total. The van der Waals surface area contributed by atoms with Gasteiger partial charge in [-0.1, -0.05) is 35.7 Å². The first-order chi connectivity index (χ1) is 9.68. The molecule has 0 aromatic heterocycles. The van der Waals surface area contributed by atoms with Crippen LogP contribution in [0.4, 0.5) is 0 Å². The first kappa shape index (κ1) is 14.5. The molecule has 2 fully saturated rings. The van der Waals surface area contributed by atoms with E-state index >= 15 is 0 Å². The molecule has 1 atom stereocenters. The molecule has 0 unspecified atom stereocenters. The van der Waals surface area contributed by atoms with Crippen LogP contribution in [0.5, 0.6) is 5.75 Å². The van der Waals surface area contributed by atoms with Crippen molar-refractivity contribution in [1.29, 1.82) is 0 Å². The third kappa shape index (κ3) is 2.64. The molecule has 1 saturated heterocycles. The number of benzene rings is 1. The highest BCUT2D eigenvalue weighted by Gasteiger charge is 2.35. The Hall–Kier alpha value is -0.480. The summed E-state index contributed by atoms with van der Waals surface area (Å²) in [6, 6.07) is 4.00. The van der Waals surface area contributed by atoms with Crippen LogP contribution < -0.4 is 5.32 Å². The van der Waals surface area contributed by atoms with Crippen LogP contribution in [0.2, 0.25) is 10.0 Å². The fraction of sp³-hybridized carbons (Fsp3) is 0.600. The summed E-state index contributed by atoms with van der Waals surface area (Å²) >= 11 is 12.1. The Morgan fingerprint density at radius 2 is 1.90 bits per heavy atom. The molecule has 1 heterocycles. The van der Waals surface area contributed by atoms with Crippen LogP contribution in [0, 0.1) is 5.92 Å². The molecule has 2 aliphatic rings. The number of aromatic hydroxyl groups is 1. The van der Waals surface area contributed by atoms with Crippen molar-refractivity contribution in [1.82, 2.24) is 10.2 Å². The Labute approximate surface area is 129 Å². The Bertz CT molecular complexity index is 485. The molecule has 0 amide bonds. The Morgan fingerprint density at radius 3 is 2.50 bits per heavy atom. The molecule has 0 bridgehead atoms. The van der Waals surface area contributed by atoms with Crippen LogP contribution in [0.1, 0.15) is 30.9 Å². The number of hydrogen-bond donors (Lipinski definition) is 2. The Kier molecular flexibility index (Phi) is 4.41. The van der Waals surface area contributed by atoms with Gasteiger partial charge in [0, 0.05) is 37.8 Å². The van der Waals surface area contributed by atoms with Crippen molar-refractivity contribution in [2.24, 2.45) is 5.92 Å². The number of nitrogens with zero attached hydrogens (tertiary/aromatic N) is 1. The lowest BCUT2D eigenvalue weighted by molar-refractivity contribution is 0.0819. The van der Waals surface area contributed by atoms with E-state index in [2.05, 4.69) is 10.2 Å². The van der Waals surface area contributed by atoms with Crippen molar-refractivity contribution < 1.29 is 5.11 Å². The minimum absolute atomic E-state index is 0.162. The van der Waals surface area contributed by atoms with Crippen LogP contribution in [0.25, 0.3) is 0 Å². The summed E-state index contributed by atoms with van der Waals surface area (Å²) in [6.07, 6.45) is 3.75. The zero-order valence-corrected chi connectivity index (χ0v) is 12.9. The lowest BCUT2D eigenvalue weighted by atomic mass is 9.76. The summed E-state index contributed by atoms with van der Waals surface area (Å²) in [5, 5.41) is 14.5. The molecule has 1 aliphatic carbocycles. The van der Waals surface area contributed by atoms with Gasteiger partial charge in [-0.25, -0.2) is 0 Å². The van der Waals surface area contributed by atoms with Crippen LogP contribution in [0.3, 0.4) is 0 Å². The maximum Gasteiger partial charge on any atom is 0.140 e. The standard InChI is InChI=1S/C15H20Cl2N2O/c16-12-5-4-11(15(20)13(12)17)14(10-2-1-3-10)19-8-6-18-7-9-19/h4-5,10,14,18,20H,1-3,6-9H2/t14-/m1/s1. The van der Waals surface area contributed by atoms with Gasteiger partial charge in [0.15, 0.2) is 0 Å². The van der Waals surface area contributed by atoms with Crippen molar-refractivity contribution in [3.63, 3.8) is 0 Å². The highest BCUT2D eigenvalue weighted by Crippen LogP contribution is 2.46. The fourth-order valence-electron chi connectivity index (χ4n) is 3.26. The average Bonchev–Trinajstić information content (AvgIpc) is 2.42. The summed E-state index contributed by atoms with van der Waals surface area (Å²) in [4.78, 5) is 2.47. The van der Waals surface area contributed by atoms with Gasteiger partial charge in [0.05, 0.1) is 5.02 Å². The highest BCUT2D eigenvalue weighted by molar-refractivity contribution is 6.43. The second-order valence-electron chi connectivity index (χ2n) is 5.72. The summed E-state index contributed by atoms with van der Waals surface area (Å²) < 4.78 is 0. The minimum Gasteiger partial charge on any atom is -0.506 e. The third-order valence-electron chi connectivity index (χ3n) is 4.56. The molecule has 5 heteroatoms. The topological polar surface area (TPSA) is 35.5 Å². The molecular formula is C15H20Cl2N2O. The molecule has 3 rings (SSSR count). The molecular weight excluding hydrogens is 295 g/mol. The smallest absolute Gasteiger partial charge is 0.140 e. The second kappa shape index (κ2) is 6.10. The van der Waals surface area contributed by atoms with E-state index in [-0.39, 0.29) is 16.8 Å². The number of phenols is 1. The van der Waals surface area contributed by atoms with Crippen molar-refractivity contribution >= 4 is 23.2 Å². The zero-order valence-electron chi connectivity index (χ0n) is 11.4. The molecule has 1 aromatic carbocycles. The highest BCUT2D eigenvalue weighted by atomic mass is 35.5. The first-order valence-electron chi connectivity index (χ1n) is 7.30. The SMILES string of the molecule is Oc1c([C@@H](C2CCC2)N2CCNCC2)ccc(Cl)c1Cl. The molecule has 1 saturated carbocycles. The zero-order chi connectivity index (χ0) is 14.1. The van der Waals surface area contributed by atoms with Crippen LogP contribution in [0.15, 0.2) is 12.1 Å². The number of piperazine rings is 1. The van der Waals surface area contributed by atoms with Crippen molar-refractivity contribution in [2.45, 2.75) is 25.3 Å². The third-order valence-corrected chi connectivity index (χ3v) is 5.35. The van der Waals surface area contributed by atoms with Gasteiger partial charge in [0.2, 0.25) is 0 Å². The largest absolute Gasteiger partial charge is 0.506 e. The normalized spacial score (nSPS) is 22.5. The predicted octanol–water partition coefficient (Wildman–Crippen LogP) is 3.45. The number of hydrogen-bond acceptors (Lipinski definition) is 3. The van der Waals surface area contributed by atoms with Crippen molar-refractivity contribution in [3.8, 4) is 5.75 Å². The summed E-state index contributed by atoms with van der Waals surface area (Å²) in [6.45, 7) is 4.04. The molecule has 1 aromatic rings. The van der Waals surface area contributed by atoms with Crippen LogP contribution in [-0.2, 0) is 0 Å². The van der Waals surface area contributed by atoms with E-state index in [0.717, 1.165) is 31.7 Å². The molecule has 0 radical (unpaired) electrons. The number of phenolic OH excluding ortho intramolecular Hbond substituents is 1. The minimum atomic E-state index is 0.162. The Morgan fingerprint density at radius 1 is 1.20 bits per heavy atom. The van der Waals surface area contributed by atoms with E-state index < -0.39 is 0 Å². The summed E-state index contributed by atoms with van der Waals surface area (Å²) in [5.74, 6) is 0.783. The van der Waals surface area contributed by atoms with Crippen LogP contribution in [-0.4, -0.2) is 36.2 Å². The van der Waals surface area contributed by atoms with Crippen molar-refractivity contribution in [3.05, 3.63) is 27.7 Å².